The molecule has 1 amide bonds. The smallest absolute Gasteiger partial charge is 0.417 e. The van der Waals surface area contributed by atoms with Crippen LogP contribution >= 0.6 is 0 Å². The number of hydrogen-bond acceptors (Lipinski definition) is 6. The number of nitrogens with zero attached hydrogens (tertiary/aromatic N) is 2. The third kappa shape index (κ3) is 5.54. The highest BCUT2D eigenvalue weighted by molar-refractivity contribution is 5.77. The molecule has 1 atom stereocenters. The van der Waals surface area contributed by atoms with Crippen LogP contribution in [0.4, 0.5) is 19.0 Å². The third-order valence-electron chi connectivity index (χ3n) is 5.37. The quantitative estimate of drug-likeness (QED) is 0.660. The van der Waals surface area contributed by atoms with Crippen LogP contribution in [0.1, 0.15) is 24.0 Å². The van der Waals surface area contributed by atoms with Gasteiger partial charge in [-0.25, -0.2) is 4.98 Å². The zero-order chi connectivity index (χ0) is 23.3. The lowest BCUT2D eigenvalue weighted by molar-refractivity contribution is -0.137. The van der Waals surface area contributed by atoms with Gasteiger partial charge in [0.1, 0.15) is 23.1 Å². The van der Waals surface area contributed by atoms with E-state index in [-0.39, 0.29) is 18.4 Å². The second-order valence-corrected chi connectivity index (χ2v) is 7.41. The molecule has 0 bridgehead atoms. The number of rotatable bonds is 8. The standard InChI is InChI=1S/C22H26F3N3O4/c1-30-16-10-18(31-2)17(19(11-16)32-3)5-7-21(29)27-15-8-9-28(13-15)20-6-4-14(12-26-20)22(23,24)25/h4,6,10-12,15H,5,7-9,13H2,1-3H3,(H,27,29). The molecule has 0 radical (unpaired) electrons. The Morgan fingerprint density at radius 2 is 1.84 bits per heavy atom. The van der Waals surface area contributed by atoms with E-state index < -0.39 is 11.7 Å². The molecule has 0 spiro atoms. The lowest BCUT2D eigenvalue weighted by Crippen LogP contribution is -2.37. The fraction of sp³-hybridized carbons (Fsp3) is 0.455. The van der Waals surface area contributed by atoms with Crippen molar-refractivity contribution in [2.75, 3.05) is 39.3 Å². The van der Waals surface area contributed by atoms with Gasteiger partial charge in [0.2, 0.25) is 5.91 Å². The molecule has 10 heteroatoms. The first-order valence-electron chi connectivity index (χ1n) is 10.1. The van der Waals surface area contributed by atoms with Gasteiger partial charge in [0.25, 0.3) is 0 Å². The first kappa shape index (κ1) is 23.5. The summed E-state index contributed by atoms with van der Waals surface area (Å²) in [6, 6.07) is 5.74. The van der Waals surface area contributed by atoms with Crippen LogP contribution < -0.4 is 24.4 Å². The molecule has 1 fully saturated rings. The van der Waals surface area contributed by atoms with E-state index in [1.165, 1.54) is 6.07 Å². The summed E-state index contributed by atoms with van der Waals surface area (Å²) in [5.41, 5.74) is -0.0114. The Hall–Kier alpha value is -3.17. The number of methoxy groups -OCH3 is 3. The topological polar surface area (TPSA) is 72.9 Å². The molecule has 1 aromatic carbocycles. The number of halogens is 3. The minimum Gasteiger partial charge on any atom is -0.496 e. The maximum Gasteiger partial charge on any atom is 0.417 e. The van der Waals surface area contributed by atoms with Crippen molar-refractivity contribution in [1.82, 2.24) is 10.3 Å². The molecule has 3 rings (SSSR count). The largest absolute Gasteiger partial charge is 0.496 e. The first-order valence-corrected chi connectivity index (χ1v) is 10.1. The van der Waals surface area contributed by atoms with Gasteiger partial charge in [-0.2, -0.15) is 13.2 Å². The van der Waals surface area contributed by atoms with Crippen LogP contribution in [0.3, 0.4) is 0 Å². The van der Waals surface area contributed by atoms with E-state index in [0.29, 0.717) is 49.0 Å². The van der Waals surface area contributed by atoms with Crippen LogP contribution in [0.15, 0.2) is 30.5 Å². The van der Waals surface area contributed by atoms with E-state index in [0.717, 1.165) is 17.8 Å². The Labute approximate surface area is 184 Å². The van der Waals surface area contributed by atoms with E-state index in [4.69, 9.17) is 14.2 Å². The minimum absolute atomic E-state index is 0.105. The maximum absolute atomic E-state index is 12.7. The lowest BCUT2D eigenvalue weighted by atomic mass is 10.1. The first-order chi connectivity index (χ1) is 15.2. The number of nitrogens with one attached hydrogen (secondary N) is 1. The SMILES string of the molecule is COc1cc(OC)c(CCC(=O)NC2CCN(c3ccc(C(F)(F)F)cn3)C2)c(OC)c1. The molecule has 1 aromatic heterocycles. The normalized spacial score (nSPS) is 16.1. The van der Waals surface area contributed by atoms with E-state index >= 15 is 0 Å². The number of ether oxygens (including phenoxy) is 3. The Morgan fingerprint density at radius 1 is 1.16 bits per heavy atom. The second-order valence-electron chi connectivity index (χ2n) is 7.41. The van der Waals surface area contributed by atoms with Crippen LogP contribution in [0.2, 0.25) is 0 Å². The number of hydrogen-bond donors (Lipinski definition) is 1. The Balaban J connectivity index is 1.55. The van der Waals surface area contributed by atoms with Crippen molar-refractivity contribution in [3.63, 3.8) is 0 Å². The highest BCUT2D eigenvalue weighted by atomic mass is 19.4. The highest BCUT2D eigenvalue weighted by Crippen LogP contribution is 2.35. The zero-order valence-electron chi connectivity index (χ0n) is 18.2. The van der Waals surface area contributed by atoms with Gasteiger partial charge in [-0.1, -0.05) is 0 Å². The monoisotopic (exact) mass is 453 g/mol. The fourth-order valence-corrected chi connectivity index (χ4v) is 3.69. The summed E-state index contributed by atoms with van der Waals surface area (Å²) >= 11 is 0. The van der Waals surface area contributed by atoms with Crippen molar-refractivity contribution >= 4 is 11.7 Å². The van der Waals surface area contributed by atoms with Gasteiger partial charge >= 0.3 is 6.18 Å². The van der Waals surface area contributed by atoms with Gasteiger partial charge in [-0.15, -0.1) is 0 Å². The van der Waals surface area contributed by atoms with Gasteiger partial charge in [0, 0.05) is 49.4 Å². The molecule has 0 saturated carbocycles. The number of pyridine rings is 1. The van der Waals surface area contributed by atoms with Gasteiger partial charge in [0.05, 0.1) is 26.9 Å². The molecule has 1 aliphatic heterocycles. The molecule has 1 aliphatic rings. The number of carbonyl (C=O) groups excluding carboxylic acids is 1. The van der Waals surface area contributed by atoms with E-state index in [1.54, 1.807) is 33.5 Å². The Kier molecular flexibility index (Phi) is 7.32. The molecule has 1 saturated heterocycles. The molecule has 2 aromatic rings. The third-order valence-corrected chi connectivity index (χ3v) is 5.37. The Morgan fingerprint density at radius 3 is 2.38 bits per heavy atom. The van der Waals surface area contributed by atoms with Gasteiger partial charge in [0.15, 0.2) is 0 Å². The van der Waals surface area contributed by atoms with Crippen molar-refractivity contribution in [2.45, 2.75) is 31.5 Å². The van der Waals surface area contributed by atoms with Crippen molar-refractivity contribution < 1.29 is 32.2 Å². The van der Waals surface area contributed by atoms with Crippen molar-refractivity contribution in [3.8, 4) is 17.2 Å². The second kappa shape index (κ2) is 9.97. The van der Waals surface area contributed by atoms with Crippen LogP contribution in [0.5, 0.6) is 17.2 Å². The minimum atomic E-state index is -4.41. The van der Waals surface area contributed by atoms with Gasteiger partial charge in [-0.3, -0.25) is 4.79 Å². The average molecular weight is 453 g/mol. The van der Waals surface area contributed by atoms with Crippen LogP contribution in [-0.4, -0.2) is 51.4 Å². The highest BCUT2D eigenvalue weighted by Gasteiger charge is 2.31. The molecule has 174 valence electrons. The summed E-state index contributed by atoms with van der Waals surface area (Å²) in [5.74, 6) is 2.08. The Bertz CT molecular complexity index is 910. The van der Waals surface area contributed by atoms with Crippen LogP contribution in [-0.2, 0) is 17.4 Å². The summed E-state index contributed by atoms with van der Waals surface area (Å²) in [7, 11) is 4.63. The number of carbonyl (C=O) groups is 1. The molecule has 0 aliphatic carbocycles. The summed E-state index contributed by atoms with van der Waals surface area (Å²) in [6.07, 6.45) is -2.25. The van der Waals surface area contributed by atoms with Crippen LogP contribution in [0, 0.1) is 0 Å². The molecule has 2 heterocycles. The molecule has 32 heavy (non-hydrogen) atoms. The summed E-state index contributed by atoms with van der Waals surface area (Å²) in [5, 5.41) is 2.99. The van der Waals surface area contributed by atoms with Crippen LogP contribution in [0.25, 0.3) is 0 Å². The van der Waals surface area contributed by atoms with E-state index in [2.05, 4.69) is 10.3 Å². The van der Waals surface area contributed by atoms with Gasteiger partial charge < -0.3 is 24.4 Å². The van der Waals surface area contributed by atoms with Crippen molar-refractivity contribution in [3.05, 3.63) is 41.6 Å². The maximum atomic E-state index is 12.7. The predicted octanol–water partition coefficient (Wildman–Crippen LogP) is 3.45. The summed E-state index contributed by atoms with van der Waals surface area (Å²) in [4.78, 5) is 18.3. The predicted molar refractivity (Wildman–Crippen MR) is 112 cm³/mol. The molecular formula is C22H26F3N3O4. The number of amides is 1. The molecule has 1 unspecified atom stereocenters. The van der Waals surface area contributed by atoms with Gasteiger partial charge in [-0.05, 0) is 25.0 Å². The molecule has 1 N–H and O–H groups in total. The molecular weight excluding hydrogens is 427 g/mol. The lowest BCUT2D eigenvalue weighted by Gasteiger charge is -2.19. The van der Waals surface area contributed by atoms with E-state index in [9.17, 15) is 18.0 Å². The van der Waals surface area contributed by atoms with E-state index in [1.807, 2.05) is 4.90 Å². The fourth-order valence-electron chi connectivity index (χ4n) is 3.69. The van der Waals surface area contributed by atoms with Crippen molar-refractivity contribution in [2.24, 2.45) is 0 Å². The average Bonchev–Trinajstić information content (AvgIpc) is 3.24. The number of aromatic nitrogens is 1. The number of anilines is 1. The molecule has 7 nitrogen and oxygen atoms in total. The summed E-state index contributed by atoms with van der Waals surface area (Å²) < 4.78 is 54.2. The number of benzene rings is 1. The zero-order valence-corrected chi connectivity index (χ0v) is 18.2. The van der Waals surface area contributed by atoms with Crippen molar-refractivity contribution in [1.29, 1.82) is 0 Å². The number of alkyl halides is 3. The summed E-state index contributed by atoms with van der Waals surface area (Å²) in [6.45, 7) is 1.09.